The Labute approximate surface area is 134 Å². The Hall–Kier alpha value is -2.39. The minimum absolute atomic E-state index is 0.914. The van der Waals surface area contributed by atoms with Gasteiger partial charge in [-0.05, 0) is 29.8 Å². The number of methoxy groups -OCH3 is 1. The van der Waals surface area contributed by atoms with Crippen molar-refractivity contribution >= 4 is 22.4 Å². The van der Waals surface area contributed by atoms with Crippen molar-refractivity contribution in [3.63, 3.8) is 0 Å². The van der Waals surface area contributed by atoms with Crippen LogP contribution in [0.4, 0.5) is 0 Å². The molecule has 0 saturated heterocycles. The smallest absolute Gasteiger partial charge is 0.157 e. The van der Waals surface area contributed by atoms with Crippen LogP contribution in [0.5, 0.6) is 0 Å². The van der Waals surface area contributed by atoms with E-state index in [9.17, 15) is 0 Å². The van der Waals surface area contributed by atoms with E-state index in [-0.39, 0.29) is 0 Å². The summed E-state index contributed by atoms with van der Waals surface area (Å²) in [4.78, 5) is 2.37. The van der Waals surface area contributed by atoms with Crippen LogP contribution >= 0.6 is 11.8 Å². The topological polar surface area (TPSA) is 14.2 Å². The molecular weight excluding hydrogens is 290 g/mol. The molecule has 3 heteroatoms. The second-order valence-corrected chi connectivity index (χ2v) is 6.11. The van der Waals surface area contributed by atoms with Crippen LogP contribution in [0.15, 0.2) is 77.8 Å². The summed E-state index contributed by atoms with van der Waals surface area (Å²) in [6.07, 6.45) is 2.08. The lowest BCUT2D eigenvalue weighted by atomic mass is 10.1. The Balaban J connectivity index is 2.02. The molecule has 2 heterocycles. The Morgan fingerprint density at radius 1 is 0.864 bits per heavy atom. The van der Waals surface area contributed by atoms with E-state index in [1.165, 1.54) is 16.1 Å². The second-order valence-electron chi connectivity index (χ2n) is 5.06. The Morgan fingerprint density at radius 2 is 1.64 bits per heavy atom. The minimum atomic E-state index is 0.914. The summed E-state index contributed by atoms with van der Waals surface area (Å²) in [6.45, 7) is 0. The number of ether oxygens (including phenoxy) is 1. The fourth-order valence-electron chi connectivity index (χ4n) is 2.77. The van der Waals surface area contributed by atoms with Gasteiger partial charge < -0.3 is 9.30 Å². The predicted molar refractivity (Wildman–Crippen MR) is 91.9 cm³/mol. The Bertz CT molecular complexity index is 849. The first-order valence-corrected chi connectivity index (χ1v) is 7.99. The number of thioether (sulfide) groups is 1. The molecule has 2 aromatic carbocycles. The molecule has 3 aromatic rings. The largest absolute Gasteiger partial charge is 0.493 e. The van der Waals surface area contributed by atoms with E-state index in [2.05, 4.69) is 71.4 Å². The maximum Gasteiger partial charge on any atom is 0.157 e. The van der Waals surface area contributed by atoms with Gasteiger partial charge in [-0.1, -0.05) is 54.2 Å². The van der Waals surface area contributed by atoms with Gasteiger partial charge in [-0.3, -0.25) is 0 Å². The number of para-hydroxylation sites is 1. The summed E-state index contributed by atoms with van der Waals surface area (Å²) in [5, 5.41) is 0. The van der Waals surface area contributed by atoms with Gasteiger partial charge in [0.05, 0.1) is 23.4 Å². The third-order valence-corrected chi connectivity index (χ3v) is 4.95. The van der Waals surface area contributed by atoms with Crippen LogP contribution in [0, 0.1) is 0 Å². The van der Waals surface area contributed by atoms with E-state index >= 15 is 0 Å². The number of aromatic nitrogens is 1. The van der Waals surface area contributed by atoms with Gasteiger partial charge in [0, 0.05) is 11.1 Å². The number of rotatable bonds is 2. The van der Waals surface area contributed by atoms with Crippen LogP contribution in [0.3, 0.4) is 0 Å². The SMILES string of the molecule is COC1=C(c2ccccc2)Sc2ccccc2-n2cccc21. The zero-order valence-electron chi connectivity index (χ0n) is 12.2. The minimum Gasteiger partial charge on any atom is -0.493 e. The van der Waals surface area contributed by atoms with Gasteiger partial charge >= 0.3 is 0 Å². The van der Waals surface area contributed by atoms with Crippen LogP contribution in [0.2, 0.25) is 0 Å². The van der Waals surface area contributed by atoms with E-state index in [4.69, 9.17) is 4.74 Å². The van der Waals surface area contributed by atoms with E-state index in [0.717, 1.165) is 16.4 Å². The molecule has 1 aromatic heterocycles. The summed E-state index contributed by atoms with van der Waals surface area (Å²) in [5.74, 6) is 0.914. The summed E-state index contributed by atoms with van der Waals surface area (Å²) >= 11 is 1.76. The lowest BCUT2D eigenvalue weighted by Crippen LogP contribution is -1.99. The molecule has 1 aliphatic heterocycles. The van der Waals surface area contributed by atoms with Gasteiger partial charge in [-0.15, -0.1) is 0 Å². The van der Waals surface area contributed by atoms with Crippen LogP contribution < -0.4 is 0 Å². The van der Waals surface area contributed by atoms with Crippen LogP contribution in [0.25, 0.3) is 16.4 Å². The average Bonchev–Trinajstić information content (AvgIpc) is 3.00. The van der Waals surface area contributed by atoms with E-state index in [1.807, 2.05) is 6.07 Å². The molecule has 108 valence electrons. The molecular formula is C19H15NOS. The van der Waals surface area contributed by atoms with Gasteiger partial charge in [0.25, 0.3) is 0 Å². The molecule has 2 nitrogen and oxygen atoms in total. The molecule has 22 heavy (non-hydrogen) atoms. The first kappa shape index (κ1) is 13.3. The molecule has 0 aliphatic carbocycles. The molecule has 0 radical (unpaired) electrons. The number of hydrogen-bond acceptors (Lipinski definition) is 2. The second kappa shape index (κ2) is 5.43. The van der Waals surface area contributed by atoms with Crippen molar-refractivity contribution in [2.75, 3.05) is 7.11 Å². The summed E-state index contributed by atoms with van der Waals surface area (Å²) < 4.78 is 7.98. The molecule has 0 spiro atoms. The maximum absolute atomic E-state index is 5.79. The highest BCUT2D eigenvalue weighted by Crippen LogP contribution is 2.45. The molecule has 1 aliphatic rings. The normalized spacial score (nSPS) is 13.3. The highest BCUT2D eigenvalue weighted by molar-refractivity contribution is 8.08. The fourth-order valence-corrected chi connectivity index (χ4v) is 3.94. The van der Waals surface area contributed by atoms with Crippen LogP contribution in [0.1, 0.15) is 11.3 Å². The van der Waals surface area contributed by atoms with Gasteiger partial charge in [0.2, 0.25) is 0 Å². The molecule has 0 fully saturated rings. The van der Waals surface area contributed by atoms with Gasteiger partial charge in [-0.2, -0.15) is 0 Å². The number of fused-ring (bicyclic) bond motifs is 3. The summed E-state index contributed by atoms with van der Waals surface area (Å²) in [5.41, 5.74) is 3.44. The van der Waals surface area contributed by atoms with Crippen molar-refractivity contribution in [1.82, 2.24) is 4.57 Å². The number of benzene rings is 2. The molecule has 4 rings (SSSR count). The lowest BCUT2D eigenvalue weighted by Gasteiger charge is -2.12. The zero-order chi connectivity index (χ0) is 14.9. The van der Waals surface area contributed by atoms with Gasteiger partial charge in [0.1, 0.15) is 0 Å². The van der Waals surface area contributed by atoms with Crippen molar-refractivity contribution in [3.05, 3.63) is 84.2 Å². The van der Waals surface area contributed by atoms with E-state index in [0.29, 0.717) is 0 Å². The highest BCUT2D eigenvalue weighted by Gasteiger charge is 2.23. The molecule has 0 atom stereocenters. The van der Waals surface area contributed by atoms with Gasteiger partial charge in [-0.25, -0.2) is 0 Å². The zero-order valence-corrected chi connectivity index (χ0v) is 13.0. The Morgan fingerprint density at radius 3 is 2.45 bits per heavy atom. The Kier molecular flexibility index (Phi) is 3.28. The van der Waals surface area contributed by atoms with Crippen LogP contribution in [-0.4, -0.2) is 11.7 Å². The molecule has 0 unspecified atom stereocenters. The summed E-state index contributed by atoms with van der Waals surface area (Å²) in [7, 11) is 1.74. The average molecular weight is 305 g/mol. The maximum atomic E-state index is 5.79. The van der Waals surface area contributed by atoms with Crippen molar-refractivity contribution < 1.29 is 4.74 Å². The quantitative estimate of drug-likeness (QED) is 0.657. The lowest BCUT2D eigenvalue weighted by molar-refractivity contribution is 0.369. The fraction of sp³-hybridized carbons (Fsp3) is 0.0526. The van der Waals surface area contributed by atoms with Crippen molar-refractivity contribution in [2.24, 2.45) is 0 Å². The third kappa shape index (κ3) is 2.06. The highest BCUT2D eigenvalue weighted by atomic mass is 32.2. The first-order chi connectivity index (χ1) is 10.9. The van der Waals surface area contributed by atoms with Crippen LogP contribution in [-0.2, 0) is 4.74 Å². The van der Waals surface area contributed by atoms with Gasteiger partial charge in [0.15, 0.2) is 5.76 Å². The number of hydrogen-bond donors (Lipinski definition) is 0. The van der Waals surface area contributed by atoms with Crippen molar-refractivity contribution in [3.8, 4) is 5.69 Å². The number of nitrogens with zero attached hydrogens (tertiary/aromatic N) is 1. The molecule has 0 N–H and O–H groups in total. The van der Waals surface area contributed by atoms with Crippen molar-refractivity contribution in [2.45, 2.75) is 4.90 Å². The molecule has 0 bridgehead atoms. The first-order valence-electron chi connectivity index (χ1n) is 7.17. The molecule has 0 saturated carbocycles. The third-order valence-electron chi connectivity index (χ3n) is 3.76. The van der Waals surface area contributed by atoms with E-state index in [1.54, 1.807) is 18.9 Å². The standard InChI is InChI=1S/C19H15NOS/c1-21-18-16-11-7-13-20(16)15-10-5-6-12-17(15)22-19(18)14-8-3-2-4-9-14/h2-13H,1H3. The summed E-state index contributed by atoms with van der Waals surface area (Å²) in [6, 6.07) is 23.0. The monoisotopic (exact) mass is 305 g/mol. The molecule has 0 amide bonds. The van der Waals surface area contributed by atoms with E-state index < -0.39 is 0 Å². The van der Waals surface area contributed by atoms with Crippen molar-refractivity contribution in [1.29, 1.82) is 0 Å². The predicted octanol–water partition coefficient (Wildman–Crippen LogP) is 5.06.